The molecule has 0 spiro atoms. The third kappa shape index (κ3) is 3.15. The van der Waals surface area contributed by atoms with Crippen LogP contribution in [0.3, 0.4) is 0 Å². The third-order valence-electron chi connectivity index (χ3n) is 3.00. The molecule has 0 radical (unpaired) electrons. The molecule has 0 saturated heterocycles. The second-order valence-corrected chi connectivity index (χ2v) is 4.56. The Morgan fingerprint density at radius 3 is 2.68 bits per heavy atom. The van der Waals surface area contributed by atoms with Gasteiger partial charge in [0.1, 0.15) is 11.6 Å². The molecule has 1 heterocycles. The van der Waals surface area contributed by atoms with Crippen LogP contribution in [0.1, 0.15) is 16.8 Å². The van der Waals surface area contributed by atoms with Crippen LogP contribution in [-0.4, -0.2) is 17.1 Å². The van der Waals surface area contributed by atoms with Gasteiger partial charge in [0.15, 0.2) is 0 Å². The Bertz CT molecular complexity index is 587. The molecule has 1 aromatic carbocycles. The van der Waals surface area contributed by atoms with Crippen molar-refractivity contribution < 1.29 is 4.74 Å². The van der Waals surface area contributed by atoms with Gasteiger partial charge in [0.05, 0.1) is 7.11 Å². The Morgan fingerprint density at radius 1 is 1.21 bits per heavy atom. The van der Waals surface area contributed by atoms with Crippen molar-refractivity contribution in [3.05, 3.63) is 46.4 Å². The average Bonchev–Trinajstić information content (AvgIpc) is 2.41. The minimum atomic E-state index is 0.255. The number of aromatic nitrogens is 2. The van der Waals surface area contributed by atoms with E-state index in [0.717, 1.165) is 28.4 Å². The van der Waals surface area contributed by atoms with Gasteiger partial charge in [-0.2, -0.15) is 0 Å². The summed E-state index contributed by atoms with van der Waals surface area (Å²) in [4.78, 5) is 8.32. The fourth-order valence-electron chi connectivity index (χ4n) is 1.79. The van der Waals surface area contributed by atoms with E-state index < -0.39 is 0 Å². The normalized spacial score (nSPS) is 10.3. The summed E-state index contributed by atoms with van der Waals surface area (Å²) in [5, 5.41) is 3.53. The molecule has 5 heteroatoms. The zero-order valence-electron chi connectivity index (χ0n) is 11.2. The quantitative estimate of drug-likeness (QED) is 0.871. The number of benzene rings is 1. The lowest BCUT2D eigenvalue weighted by Gasteiger charge is -2.12. The highest BCUT2D eigenvalue weighted by Gasteiger charge is 2.08. The highest BCUT2D eigenvalue weighted by molar-refractivity contribution is 6.28. The molecule has 0 aliphatic heterocycles. The first kappa shape index (κ1) is 13.6. The van der Waals surface area contributed by atoms with Gasteiger partial charge in [0.25, 0.3) is 0 Å². The molecular weight excluding hydrogens is 262 g/mol. The lowest BCUT2D eigenvalue weighted by molar-refractivity contribution is 0.410. The number of rotatable bonds is 4. The number of halogens is 1. The number of methoxy groups -OCH3 is 1. The van der Waals surface area contributed by atoms with Gasteiger partial charge in [-0.1, -0.05) is 18.2 Å². The van der Waals surface area contributed by atoms with Gasteiger partial charge in [-0.25, -0.2) is 9.97 Å². The Hall–Kier alpha value is -1.81. The van der Waals surface area contributed by atoms with E-state index in [0.29, 0.717) is 6.54 Å². The van der Waals surface area contributed by atoms with Crippen LogP contribution in [0.2, 0.25) is 5.28 Å². The molecule has 0 unspecified atom stereocenters. The van der Waals surface area contributed by atoms with Crippen LogP contribution in [0.25, 0.3) is 0 Å². The van der Waals surface area contributed by atoms with Crippen molar-refractivity contribution in [1.29, 1.82) is 0 Å². The highest BCUT2D eigenvalue weighted by Crippen LogP contribution is 2.21. The SMILES string of the molecule is COc1ccccc1CNc1nc(Cl)nc(C)c1C. The number of nitrogens with zero attached hydrogens (tertiary/aromatic N) is 2. The standard InChI is InChI=1S/C14H16ClN3O/c1-9-10(2)17-14(15)18-13(9)16-8-11-6-4-5-7-12(11)19-3/h4-7H,8H2,1-3H3,(H,16,17,18). The summed E-state index contributed by atoms with van der Waals surface area (Å²) < 4.78 is 5.31. The van der Waals surface area contributed by atoms with E-state index in [1.165, 1.54) is 0 Å². The number of hydrogen-bond acceptors (Lipinski definition) is 4. The summed E-state index contributed by atoms with van der Waals surface area (Å²) in [5.74, 6) is 1.60. The fraction of sp³-hybridized carbons (Fsp3) is 0.286. The number of aryl methyl sites for hydroxylation is 1. The van der Waals surface area contributed by atoms with E-state index in [4.69, 9.17) is 16.3 Å². The van der Waals surface area contributed by atoms with Crippen molar-refractivity contribution in [3.8, 4) is 5.75 Å². The Labute approximate surface area is 117 Å². The van der Waals surface area contributed by atoms with Crippen molar-refractivity contribution in [3.63, 3.8) is 0 Å². The van der Waals surface area contributed by atoms with Crippen molar-refractivity contribution in [2.75, 3.05) is 12.4 Å². The topological polar surface area (TPSA) is 47.0 Å². The summed E-state index contributed by atoms with van der Waals surface area (Å²) in [5.41, 5.74) is 2.94. The molecule has 0 fully saturated rings. The maximum atomic E-state index is 5.88. The summed E-state index contributed by atoms with van der Waals surface area (Å²) in [6, 6.07) is 7.86. The Balaban J connectivity index is 2.19. The molecule has 100 valence electrons. The summed E-state index contributed by atoms with van der Waals surface area (Å²) in [7, 11) is 1.66. The lowest BCUT2D eigenvalue weighted by Crippen LogP contribution is -2.06. The van der Waals surface area contributed by atoms with E-state index in [2.05, 4.69) is 15.3 Å². The van der Waals surface area contributed by atoms with Gasteiger partial charge in [0, 0.05) is 23.4 Å². The molecule has 0 amide bonds. The zero-order valence-corrected chi connectivity index (χ0v) is 12.0. The zero-order chi connectivity index (χ0) is 13.8. The number of ether oxygens (including phenoxy) is 1. The molecule has 2 rings (SSSR count). The van der Waals surface area contributed by atoms with Crippen molar-refractivity contribution >= 4 is 17.4 Å². The third-order valence-corrected chi connectivity index (χ3v) is 3.17. The van der Waals surface area contributed by atoms with Crippen molar-refractivity contribution in [2.45, 2.75) is 20.4 Å². The van der Waals surface area contributed by atoms with E-state index >= 15 is 0 Å². The number of nitrogens with one attached hydrogen (secondary N) is 1. The predicted molar refractivity (Wildman–Crippen MR) is 76.8 cm³/mol. The first-order chi connectivity index (χ1) is 9.11. The van der Waals surface area contributed by atoms with Gasteiger partial charge in [-0.15, -0.1) is 0 Å². The van der Waals surface area contributed by atoms with Gasteiger partial charge < -0.3 is 10.1 Å². The molecular formula is C14H16ClN3O. The van der Waals surface area contributed by atoms with Crippen LogP contribution in [-0.2, 0) is 6.54 Å². The fourth-order valence-corrected chi connectivity index (χ4v) is 2.01. The lowest BCUT2D eigenvalue weighted by atomic mass is 10.2. The van der Waals surface area contributed by atoms with Crippen LogP contribution in [0.5, 0.6) is 5.75 Å². The van der Waals surface area contributed by atoms with Gasteiger partial charge in [-0.3, -0.25) is 0 Å². The van der Waals surface area contributed by atoms with E-state index in [1.54, 1.807) is 7.11 Å². The minimum absolute atomic E-state index is 0.255. The maximum absolute atomic E-state index is 5.88. The second kappa shape index (κ2) is 5.89. The minimum Gasteiger partial charge on any atom is -0.496 e. The monoisotopic (exact) mass is 277 g/mol. The summed E-state index contributed by atoms with van der Waals surface area (Å²) in [6.45, 7) is 4.50. The number of hydrogen-bond donors (Lipinski definition) is 1. The van der Waals surface area contributed by atoms with E-state index in [9.17, 15) is 0 Å². The van der Waals surface area contributed by atoms with Crippen LogP contribution < -0.4 is 10.1 Å². The Morgan fingerprint density at radius 2 is 1.95 bits per heavy atom. The molecule has 0 aliphatic carbocycles. The largest absolute Gasteiger partial charge is 0.496 e. The first-order valence-corrected chi connectivity index (χ1v) is 6.36. The van der Waals surface area contributed by atoms with E-state index in [1.807, 2.05) is 38.1 Å². The van der Waals surface area contributed by atoms with Crippen LogP contribution in [0.15, 0.2) is 24.3 Å². The number of para-hydroxylation sites is 1. The summed E-state index contributed by atoms with van der Waals surface area (Å²) in [6.07, 6.45) is 0. The highest BCUT2D eigenvalue weighted by atomic mass is 35.5. The molecule has 1 aromatic heterocycles. The van der Waals surface area contributed by atoms with Gasteiger partial charge in [0.2, 0.25) is 5.28 Å². The van der Waals surface area contributed by atoms with Gasteiger partial charge in [-0.05, 0) is 31.5 Å². The first-order valence-electron chi connectivity index (χ1n) is 5.98. The molecule has 0 atom stereocenters. The smallest absolute Gasteiger partial charge is 0.224 e. The van der Waals surface area contributed by atoms with Crippen molar-refractivity contribution in [1.82, 2.24) is 9.97 Å². The second-order valence-electron chi connectivity index (χ2n) is 4.22. The molecule has 19 heavy (non-hydrogen) atoms. The molecule has 4 nitrogen and oxygen atoms in total. The van der Waals surface area contributed by atoms with E-state index in [-0.39, 0.29) is 5.28 Å². The molecule has 0 bridgehead atoms. The van der Waals surface area contributed by atoms with Crippen LogP contribution in [0, 0.1) is 13.8 Å². The van der Waals surface area contributed by atoms with Crippen LogP contribution >= 0.6 is 11.6 Å². The van der Waals surface area contributed by atoms with Crippen molar-refractivity contribution in [2.24, 2.45) is 0 Å². The number of anilines is 1. The molecule has 0 saturated carbocycles. The summed E-state index contributed by atoms with van der Waals surface area (Å²) >= 11 is 5.88. The Kier molecular flexibility index (Phi) is 4.22. The molecule has 2 aromatic rings. The van der Waals surface area contributed by atoms with Crippen LogP contribution in [0.4, 0.5) is 5.82 Å². The average molecular weight is 278 g/mol. The maximum Gasteiger partial charge on any atom is 0.224 e. The molecule has 0 aliphatic rings. The van der Waals surface area contributed by atoms with Gasteiger partial charge >= 0.3 is 0 Å². The molecule has 1 N–H and O–H groups in total. The predicted octanol–water partition coefficient (Wildman–Crippen LogP) is 3.37.